The molecule has 0 aromatic carbocycles. The van der Waals surface area contributed by atoms with Gasteiger partial charge in [0.15, 0.2) is 0 Å². The Balaban J connectivity index is -0.000000123. The van der Waals surface area contributed by atoms with Crippen molar-refractivity contribution in [1.82, 2.24) is 0 Å². The van der Waals surface area contributed by atoms with Gasteiger partial charge in [0.1, 0.15) is 0 Å². The van der Waals surface area contributed by atoms with Crippen molar-refractivity contribution in [1.29, 1.82) is 0 Å². The number of carboxylic acids is 6. The molecule has 0 atom stereocenters. The molecule has 708 valence electrons. The molecular weight excluding hydrogens is 1720 g/mol. The van der Waals surface area contributed by atoms with Gasteiger partial charge in [-0.25, -0.2) is 0 Å². The summed E-state index contributed by atoms with van der Waals surface area (Å²) in [5.74, 6) is -5.49. The first-order valence-electron chi connectivity index (χ1n) is 51.7. The molecule has 0 fully saturated rings. The normalized spacial score (nSPS) is 10.7. The molecule has 0 aliphatic carbocycles. The summed E-state index contributed by atoms with van der Waals surface area (Å²) in [6.45, 7) is 13.5. The maximum atomic E-state index is 10.2. The summed E-state index contributed by atoms with van der Waals surface area (Å²) in [7, 11) is 0. The van der Waals surface area contributed by atoms with Crippen molar-refractivity contribution in [3.63, 3.8) is 0 Å². The van der Waals surface area contributed by atoms with Crippen LogP contribution in [0.3, 0.4) is 0 Å². The molecule has 0 aliphatic heterocycles. The van der Waals surface area contributed by atoms with Crippen molar-refractivity contribution in [3.8, 4) is 0 Å². The predicted molar refractivity (Wildman–Crippen MR) is 507 cm³/mol. The smallest absolute Gasteiger partial charge is 0.550 e. The van der Waals surface area contributed by atoms with Crippen LogP contribution in [0.2, 0.25) is 0 Å². The number of carbonyl (C=O) groups is 6. The van der Waals surface area contributed by atoms with Gasteiger partial charge in [-0.15, -0.1) is 0 Å². The Bertz CT molecular complexity index is 1820. The third-order valence-corrected chi connectivity index (χ3v) is 21.9. The number of rotatable bonds is 90. The molecule has 0 saturated carbocycles. The molecule has 0 aromatic heterocycles. The fourth-order valence-electron chi connectivity index (χ4n) is 14.0. The van der Waals surface area contributed by atoms with E-state index in [4.69, 9.17) is 0 Å². The molecule has 12 nitrogen and oxygen atoms in total. The summed E-state index contributed by atoms with van der Waals surface area (Å²) < 4.78 is 0. The molecule has 0 spiro atoms. The van der Waals surface area contributed by atoms with Crippen LogP contribution in [-0.4, -0.2) is 35.8 Å². The standard InChI is InChI=1S/6C18H34O2.6K/c6*1-2-3-4-5-6-7-8-9-10-11-12-13-14-15-16-17-18(19)20;;;;;;/h6*9-10H,2-8,11-17H2,1H3,(H,19,20);;;;;;/q;;;;;;6*+1/p-6/b6*10-9-;;;;;;. The average Bonchev–Trinajstić information content (AvgIpc) is 1.13. The van der Waals surface area contributed by atoms with Gasteiger partial charge in [-0.2, -0.15) is 0 Å². The molecule has 0 saturated heterocycles. The van der Waals surface area contributed by atoms with E-state index in [9.17, 15) is 59.4 Å². The Labute approximate surface area is 1040 Å². The molecule has 0 aromatic rings. The van der Waals surface area contributed by atoms with Gasteiger partial charge in [0.25, 0.3) is 0 Å². The maximum Gasteiger partial charge on any atom is 1.00 e. The first-order chi connectivity index (χ1) is 58.6. The predicted octanol–water partition coefficient (Wildman–Crippen LogP) is 10.7. The van der Waals surface area contributed by atoms with Crippen LogP contribution >= 0.6 is 0 Å². The van der Waals surface area contributed by atoms with Crippen LogP contribution in [0.4, 0.5) is 0 Å². The molecule has 0 radical (unpaired) electrons. The van der Waals surface area contributed by atoms with Gasteiger partial charge in [-0.05, 0) is 231 Å². The van der Waals surface area contributed by atoms with Crippen molar-refractivity contribution in [2.75, 3.05) is 0 Å². The van der Waals surface area contributed by atoms with Gasteiger partial charge in [0, 0.05) is 35.8 Å². The van der Waals surface area contributed by atoms with Crippen molar-refractivity contribution in [2.24, 2.45) is 0 Å². The summed E-state index contributed by atoms with van der Waals surface area (Å²) in [6.07, 6.45) is 125. The van der Waals surface area contributed by atoms with E-state index in [2.05, 4.69) is 114 Å². The number of carbonyl (C=O) groups excluding carboxylic acids is 6. The fourth-order valence-corrected chi connectivity index (χ4v) is 14.0. The second-order valence-electron chi connectivity index (χ2n) is 34.2. The molecule has 0 N–H and O–H groups in total. The number of hydrogen-bond acceptors (Lipinski definition) is 12. The average molecular weight is 1920 g/mol. The number of unbranched alkanes of at least 4 members (excludes halogenated alkanes) is 66. The molecule has 0 heterocycles. The van der Waals surface area contributed by atoms with E-state index in [1.54, 1.807) is 0 Å². The van der Waals surface area contributed by atoms with Gasteiger partial charge < -0.3 is 59.4 Å². The quantitative estimate of drug-likeness (QED) is 0.0314. The zero-order chi connectivity index (χ0) is 89.3. The number of allylic oxidation sites excluding steroid dienone is 12. The van der Waals surface area contributed by atoms with E-state index in [0.717, 1.165) is 116 Å². The van der Waals surface area contributed by atoms with E-state index in [-0.39, 0.29) is 347 Å². The third-order valence-electron chi connectivity index (χ3n) is 21.9. The van der Waals surface area contributed by atoms with Crippen molar-refractivity contribution >= 4 is 35.8 Å². The van der Waals surface area contributed by atoms with E-state index >= 15 is 0 Å². The van der Waals surface area contributed by atoms with E-state index in [1.165, 1.54) is 385 Å². The van der Waals surface area contributed by atoms with Crippen LogP contribution in [0.15, 0.2) is 72.9 Å². The largest absolute Gasteiger partial charge is 1.00 e. The SMILES string of the molecule is CCCCCCCC/C=C\CCCCCCCC(=O)[O-].CCCCCCCC/C=C\CCCCCCCC(=O)[O-].CCCCCCCC/C=C\CCCCCCCC(=O)[O-].CCCCCCCC/C=C\CCCCCCCC(=O)[O-].CCCCCCCC/C=C\CCCCCCCC(=O)[O-].CCCCCCCC/C=C\CCCCCCCC(=O)[O-].[K+].[K+].[K+].[K+].[K+].[K+]. The van der Waals surface area contributed by atoms with Crippen molar-refractivity contribution in [2.45, 2.75) is 581 Å². The Morgan fingerprint density at radius 3 is 0.278 bits per heavy atom. The monoisotopic (exact) mass is 1920 g/mol. The number of carboxylic acid groups (broad SMARTS) is 6. The van der Waals surface area contributed by atoms with E-state index in [1.807, 2.05) is 0 Å². The van der Waals surface area contributed by atoms with Crippen LogP contribution in [0.1, 0.15) is 581 Å². The topological polar surface area (TPSA) is 241 Å². The van der Waals surface area contributed by atoms with Crippen molar-refractivity contribution in [3.05, 3.63) is 72.9 Å². The molecule has 0 amide bonds. The minimum atomic E-state index is -0.914. The van der Waals surface area contributed by atoms with Gasteiger partial charge in [-0.1, -0.05) is 423 Å². The molecule has 0 bridgehead atoms. The molecule has 0 unspecified atom stereocenters. The Morgan fingerprint density at radius 1 is 0.127 bits per heavy atom. The number of hydrogen-bond donors (Lipinski definition) is 0. The second-order valence-corrected chi connectivity index (χ2v) is 34.2. The zero-order valence-electron chi connectivity index (χ0n) is 86.2. The van der Waals surface area contributed by atoms with Gasteiger partial charge in [-0.3, -0.25) is 0 Å². The summed E-state index contributed by atoms with van der Waals surface area (Å²) in [5, 5.41) is 61.3. The van der Waals surface area contributed by atoms with Crippen LogP contribution in [0, 0.1) is 0 Å². The molecule has 126 heavy (non-hydrogen) atoms. The van der Waals surface area contributed by atoms with E-state index in [0.29, 0.717) is 0 Å². The minimum Gasteiger partial charge on any atom is -0.550 e. The summed E-state index contributed by atoms with van der Waals surface area (Å²) >= 11 is 0. The van der Waals surface area contributed by atoms with Crippen LogP contribution in [0.25, 0.3) is 0 Å². The van der Waals surface area contributed by atoms with E-state index < -0.39 is 35.8 Å². The van der Waals surface area contributed by atoms with Gasteiger partial charge >= 0.3 is 308 Å². The van der Waals surface area contributed by atoms with Crippen LogP contribution in [-0.2, 0) is 28.8 Å². The third kappa shape index (κ3) is 185. The fraction of sp³-hybridized carbons (Fsp3) is 0.833. The number of aliphatic carboxylic acids is 6. The first-order valence-corrected chi connectivity index (χ1v) is 51.7. The Hall–Kier alpha value is 5.08. The summed E-state index contributed by atoms with van der Waals surface area (Å²) in [5.41, 5.74) is 0. The minimum absolute atomic E-state index is 0. The van der Waals surface area contributed by atoms with Crippen LogP contribution < -0.4 is 339 Å². The molecule has 0 rings (SSSR count). The summed E-state index contributed by atoms with van der Waals surface area (Å²) in [6, 6.07) is 0. The van der Waals surface area contributed by atoms with Crippen LogP contribution in [0.5, 0.6) is 0 Å². The van der Waals surface area contributed by atoms with Gasteiger partial charge in [0.05, 0.1) is 0 Å². The Morgan fingerprint density at radius 2 is 0.198 bits per heavy atom. The molecular formula is C108H198K6O12. The zero-order valence-corrected chi connectivity index (χ0v) is 105. The molecule has 18 heteroatoms. The second kappa shape index (κ2) is 153. The summed E-state index contributed by atoms with van der Waals surface area (Å²) in [4.78, 5) is 61.3. The van der Waals surface area contributed by atoms with Gasteiger partial charge in [0.2, 0.25) is 0 Å². The molecule has 0 aliphatic rings. The van der Waals surface area contributed by atoms with Crippen molar-refractivity contribution < 1.29 is 368 Å². The Kier molecular flexibility index (Phi) is 190. The first kappa shape index (κ1) is 156. The maximum absolute atomic E-state index is 10.2.